The number of aryl methyl sites for hydroxylation is 1. The predicted octanol–water partition coefficient (Wildman–Crippen LogP) is 2.36. The van der Waals surface area contributed by atoms with Crippen molar-refractivity contribution in [2.45, 2.75) is 32.2 Å². The molecule has 1 aromatic carbocycles. The van der Waals surface area contributed by atoms with Gasteiger partial charge in [-0.2, -0.15) is 0 Å². The van der Waals surface area contributed by atoms with Crippen LogP contribution in [0, 0.1) is 6.92 Å². The summed E-state index contributed by atoms with van der Waals surface area (Å²) >= 11 is 0. The number of hydrogen-bond donors (Lipinski definition) is 2. The lowest BCUT2D eigenvalue weighted by atomic mass is 9.92. The highest BCUT2D eigenvalue weighted by molar-refractivity contribution is 5.82. The van der Waals surface area contributed by atoms with Crippen molar-refractivity contribution in [2.75, 3.05) is 5.43 Å². The largest absolute Gasteiger partial charge is 0.306 e. The minimum Gasteiger partial charge on any atom is -0.306 e. The van der Waals surface area contributed by atoms with E-state index in [1.807, 2.05) is 12.1 Å². The predicted molar refractivity (Wildman–Crippen MR) is 65.2 cm³/mol. The first kappa shape index (κ1) is 9.66. The van der Waals surface area contributed by atoms with E-state index in [0.29, 0.717) is 6.04 Å². The Labute approximate surface area is 94.4 Å². The van der Waals surface area contributed by atoms with Gasteiger partial charge in [0.2, 0.25) is 5.95 Å². The molecule has 1 aromatic heterocycles. The standard InChI is InChI=1S/C12H16N4/c1-8-4-2-7-10-11(8)16(9-5-3-6-9)12(14-10)15-13/h2,4,7,9H,3,5-6,13H2,1H3,(H,14,15). The van der Waals surface area contributed by atoms with Crippen LogP contribution in [0.1, 0.15) is 30.9 Å². The van der Waals surface area contributed by atoms with Crippen LogP contribution < -0.4 is 11.3 Å². The summed E-state index contributed by atoms with van der Waals surface area (Å²) in [6.45, 7) is 2.12. The fourth-order valence-electron chi connectivity index (χ4n) is 2.42. The third kappa shape index (κ3) is 1.23. The zero-order valence-electron chi connectivity index (χ0n) is 9.40. The first-order chi connectivity index (χ1) is 7.81. The monoisotopic (exact) mass is 216 g/mol. The Balaban J connectivity index is 2.28. The molecule has 3 N–H and O–H groups in total. The zero-order valence-corrected chi connectivity index (χ0v) is 9.40. The second-order valence-electron chi connectivity index (χ2n) is 4.48. The maximum absolute atomic E-state index is 5.55. The van der Waals surface area contributed by atoms with Crippen LogP contribution in [0.5, 0.6) is 0 Å². The number of nitrogens with one attached hydrogen (secondary N) is 1. The number of nitrogens with zero attached hydrogens (tertiary/aromatic N) is 2. The van der Waals surface area contributed by atoms with Crippen LogP contribution in [0.25, 0.3) is 11.0 Å². The number of fused-ring (bicyclic) bond motifs is 1. The molecule has 1 heterocycles. The molecule has 0 spiro atoms. The summed E-state index contributed by atoms with van der Waals surface area (Å²) in [5, 5.41) is 0. The van der Waals surface area contributed by atoms with Gasteiger partial charge in [0.25, 0.3) is 0 Å². The van der Waals surface area contributed by atoms with Crippen LogP contribution in [-0.4, -0.2) is 9.55 Å². The Morgan fingerprint density at radius 3 is 2.88 bits per heavy atom. The smallest absolute Gasteiger partial charge is 0.218 e. The number of rotatable bonds is 2. The second-order valence-corrected chi connectivity index (χ2v) is 4.48. The summed E-state index contributed by atoms with van der Waals surface area (Å²) in [4.78, 5) is 4.52. The number of aromatic nitrogens is 2. The van der Waals surface area contributed by atoms with Gasteiger partial charge in [-0.15, -0.1) is 0 Å². The zero-order chi connectivity index (χ0) is 11.1. The molecule has 1 aliphatic carbocycles. The van der Waals surface area contributed by atoms with Gasteiger partial charge in [-0.1, -0.05) is 12.1 Å². The molecule has 4 heteroatoms. The van der Waals surface area contributed by atoms with E-state index in [4.69, 9.17) is 5.84 Å². The average Bonchev–Trinajstić information content (AvgIpc) is 2.56. The number of hydrazine groups is 1. The summed E-state index contributed by atoms with van der Waals surface area (Å²) < 4.78 is 2.26. The van der Waals surface area contributed by atoms with Crippen molar-refractivity contribution in [1.82, 2.24) is 9.55 Å². The molecule has 0 unspecified atom stereocenters. The molecular formula is C12H16N4. The van der Waals surface area contributed by atoms with Gasteiger partial charge in [-0.3, -0.25) is 5.43 Å². The number of nitrogen functional groups attached to an aromatic ring is 1. The fraction of sp³-hybridized carbons (Fsp3) is 0.417. The van der Waals surface area contributed by atoms with Gasteiger partial charge >= 0.3 is 0 Å². The van der Waals surface area contributed by atoms with E-state index >= 15 is 0 Å². The Kier molecular flexibility index (Phi) is 2.11. The lowest BCUT2D eigenvalue weighted by Gasteiger charge is -2.29. The molecule has 84 valence electrons. The average molecular weight is 216 g/mol. The first-order valence-electron chi connectivity index (χ1n) is 5.75. The van der Waals surface area contributed by atoms with Crippen molar-refractivity contribution < 1.29 is 0 Å². The van der Waals surface area contributed by atoms with E-state index in [9.17, 15) is 0 Å². The van der Waals surface area contributed by atoms with E-state index in [2.05, 4.69) is 28.0 Å². The number of benzene rings is 1. The molecule has 3 rings (SSSR count). The summed E-state index contributed by atoms with van der Waals surface area (Å²) in [6, 6.07) is 6.77. The van der Waals surface area contributed by atoms with Crippen LogP contribution in [0.2, 0.25) is 0 Å². The molecule has 0 saturated heterocycles. The number of imidazole rings is 1. The Morgan fingerprint density at radius 2 is 2.25 bits per heavy atom. The third-order valence-corrected chi connectivity index (χ3v) is 3.48. The van der Waals surface area contributed by atoms with Gasteiger partial charge in [0.1, 0.15) is 0 Å². The van der Waals surface area contributed by atoms with Crippen molar-refractivity contribution in [1.29, 1.82) is 0 Å². The molecular weight excluding hydrogens is 200 g/mol. The summed E-state index contributed by atoms with van der Waals surface area (Å²) in [5.41, 5.74) is 6.23. The number of nitrogens with two attached hydrogens (primary N) is 1. The molecule has 0 atom stereocenters. The normalized spacial score (nSPS) is 16.4. The van der Waals surface area contributed by atoms with Crippen LogP contribution in [-0.2, 0) is 0 Å². The summed E-state index contributed by atoms with van der Waals surface area (Å²) in [5.74, 6) is 6.33. The Hall–Kier alpha value is -1.55. The van der Waals surface area contributed by atoms with E-state index in [1.54, 1.807) is 0 Å². The van der Waals surface area contributed by atoms with Gasteiger partial charge in [0, 0.05) is 6.04 Å². The maximum Gasteiger partial charge on any atom is 0.218 e. The van der Waals surface area contributed by atoms with Gasteiger partial charge in [-0.05, 0) is 37.8 Å². The molecule has 1 fully saturated rings. The highest BCUT2D eigenvalue weighted by atomic mass is 15.3. The van der Waals surface area contributed by atoms with E-state index < -0.39 is 0 Å². The lowest BCUT2D eigenvalue weighted by Crippen LogP contribution is -2.21. The quantitative estimate of drug-likeness (QED) is 0.598. The highest BCUT2D eigenvalue weighted by Gasteiger charge is 2.24. The van der Waals surface area contributed by atoms with Crippen LogP contribution >= 0.6 is 0 Å². The summed E-state index contributed by atoms with van der Waals surface area (Å²) in [7, 11) is 0. The van der Waals surface area contributed by atoms with Gasteiger partial charge in [0.15, 0.2) is 0 Å². The highest BCUT2D eigenvalue weighted by Crippen LogP contribution is 2.37. The molecule has 16 heavy (non-hydrogen) atoms. The Bertz CT molecular complexity index is 525. The number of hydrogen-bond acceptors (Lipinski definition) is 3. The number of anilines is 1. The minimum atomic E-state index is 0.567. The van der Waals surface area contributed by atoms with Gasteiger partial charge < -0.3 is 4.57 Å². The van der Waals surface area contributed by atoms with Crippen molar-refractivity contribution in [3.8, 4) is 0 Å². The van der Waals surface area contributed by atoms with Gasteiger partial charge in [0.05, 0.1) is 11.0 Å². The van der Waals surface area contributed by atoms with Crippen molar-refractivity contribution in [2.24, 2.45) is 5.84 Å². The second kappa shape index (κ2) is 3.49. The van der Waals surface area contributed by atoms with Gasteiger partial charge in [-0.25, -0.2) is 10.8 Å². The van der Waals surface area contributed by atoms with Crippen LogP contribution in [0.15, 0.2) is 18.2 Å². The van der Waals surface area contributed by atoms with E-state index in [0.717, 1.165) is 11.5 Å². The molecule has 2 aromatic rings. The number of para-hydroxylation sites is 1. The SMILES string of the molecule is Cc1cccc2nc(NN)n(C3CCC3)c12. The molecule has 0 amide bonds. The van der Waals surface area contributed by atoms with E-state index in [1.165, 1.54) is 30.3 Å². The third-order valence-electron chi connectivity index (χ3n) is 3.48. The molecule has 0 radical (unpaired) electrons. The Morgan fingerprint density at radius 1 is 1.44 bits per heavy atom. The van der Waals surface area contributed by atoms with Crippen LogP contribution in [0.3, 0.4) is 0 Å². The molecule has 0 aliphatic heterocycles. The van der Waals surface area contributed by atoms with Crippen LogP contribution in [0.4, 0.5) is 5.95 Å². The first-order valence-corrected chi connectivity index (χ1v) is 5.75. The topological polar surface area (TPSA) is 55.9 Å². The minimum absolute atomic E-state index is 0.567. The maximum atomic E-state index is 5.55. The van der Waals surface area contributed by atoms with Crippen molar-refractivity contribution in [3.63, 3.8) is 0 Å². The molecule has 0 bridgehead atoms. The molecule has 1 aliphatic rings. The van der Waals surface area contributed by atoms with Crippen molar-refractivity contribution in [3.05, 3.63) is 23.8 Å². The van der Waals surface area contributed by atoms with E-state index in [-0.39, 0.29) is 0 Å². The molecule has 4 nitrogen and oxygen atoms in total. The lowest BCUT2D eigenvalue weighted by molar-refractivity contribution is 0.323. The fourth-order valence-corrected chi connectivity index (χ4v) is 2.42. The summed E-state index contributed by atoms with van der Waals surface area (Å²) in [6.07, 6.45) is 3.77. The molecule has 1 saturated carbocycles. The van der Waals surface area contributed by atoms with Crippen molar-refractivity contribution >= 4 is 17.0 Å².